The fourth-order valence-corrected chi connectivity index (χ4v) is 6.23. The maximum Gasteiger partial charge on any atom is 0.271 e. The molecule has 1 aliphatic heterocycles. The van der Waals surface area contributed by atoms with Crippen molar-refractivity contribution in [1.82, 2.24) is 14.8 Å². The lowest BCUT2D eigenvalue weighted by Gasteiger charge is -2.48. The van der Waals surface area contributed by atoms with E-state index >= 15 is 0 Å². The number of carbonyl (C=O) groups excluding carboxylic acids is 2. The van der Waals surface area contributed by atoms with Crippen molar-refractivity contribution in [3.8, 4) is 11.5 Å². The minimum absolute atomic E-state index is 0.00302. The number of rotatable bonds is 4. The molecule has 2 amide bonds. The van der Waals surface area contributed by atoms with Crippen LogP contribution in [0.4, 0.5) is 0 Å². The van der Waals surface area contributed by atoms with Crippen LogP contribution in [0.5, 0.6) is 0 Å². The van der Waals surface area contributed by atoms with E-state index in [0.717, 1.165) is 62.8 Å². The first-order valence-electron chi connectivity index (χ1n) is 13.0. The summed E-state index contributed by atoms with van der Waals surface area (Å²) in [6.07, 6.45) is 15.1. The smallest absolute Gasteiger partial charge is 0.271 e. The summed E-state index contributed by atoms with van der Waals surface area (Å²) in [5.74, 6) is 0.699. The first-order chi connectivity index (χ1) is 16.1. The van der Waals surface area contributed by atoms with Gasteiger partial charge < -0.3 is 19.2 Å². The highest BCUT2D eigenvalue weighted by molar-refractivity contribution is 6.00. The molecule has 0 radical (unpaired) electrons. The maximum absolute atomic E-state index is 14.0. The van der Waals surface area contributed by atoms with E-state index in [1.807, 2.05) is 40.7 Å². The van der Waals surface area contributed by atoms with Gasteiger partial charge in [0, 0.05) is 12.1 Å². The molecule has 6 nitrogen and oxygen atoms in total. The highest BCUT2D eigenvalue weighted by atomic mass is 16.3. The normalized spacial score (nSPS) is 25.4. The number of hydrogen-bond donors (Lipinski definition) is 1. The first-order valence-corrected chi connectivity index (χ1v) is 13.0. The largest absolute Gasteiger partial charge is 0.463 e. The van der Waals surface area contributed by atoms with Gasteiger partial charge in [-0.3, -0.25) is 9.59 Å². The van der Waals surface area contributed by atoms with Gasteiger partial charge in [0.25, 0.3) is 5.91 Å². The van der Waals surface area contributed by atoms with Crippen molar-refractivity contribution in [3.05, 3.63) is 36.2 Å². The van der Waals surface area contributed by atoms with E-state index in [1.165, 1.54) is 25.7 Å². The van der Waals surface area contributed by atoms with Gasteiger partial charge in [0.05, 0.1) is 18.5 Å². The van der Waals surface area contributed by atoms with Crippen molar-refractivity contribution < 1.29 is 14.0 Å². The van der Waals surface area contributed by atoms with E-state index in [-0.39, 0.29) is 23.9 Å². The Balaban J connectivity index is 1.51. The molecule has 5 rings (SSSR count). The molecule has 1 atom stereocenters. The van der Waals surface area contributed by atoms with Crippen LogP contribution >= 0.6 is 0 Å². The van der Waals surface area contributed by atoms with Gasteiger partial charge in [-0.25, -0.2) is 0 Å². The second-order valence-electron chi connectivity index (χ2n) is 10.4. The summed E-state index contributed by atoms with van der Waals surface area (Å²) in [6.45, 7) is 2.43. The van der Waals surface area contributed by atoms with Crippen LogP contribution < -0.4 is 5.32 Å². The van der Waals surface area contributed by atoms with Crippen molar-refractivity contribution in [2.24, 2.45) is 0 Å². The number of carbonyl (C=O) groups is 2. The molecule has 2 aromatic rings. The zero-order valence-electron chi connectivity index (χ0n) is 19.9. The van der Waals surface area contributed by atoms with Crippen molar-refractivity contribution in [2.75, 3.05) is 0 Å². The van der Waals surface area contributed by atoms with Gasteiger partial charge in [0.1, 0.15) is 17.0 Å². The van der Waals surface area contributed by atoms with E-state index in [9.17, 15) is 9.59 Å². The Kier molecular flexibility index (Phi) is 6.35. The average Bonchev–Trinajstić information content (AvgIpc) is 3.30. The quantitative estimate of drug-likeness (QED) is 0.622. The van der Waals surface area contributed by atoms with Crippen LogP contribution in [0.25, 0.3) is 11.5 Å². The zero-order chi connectivity index (χ0) is 22.8. The van der Waals surface area contributed by atoms with E-state index in [1.54, 1.807) is 6.26 Å². The molecule has 1 unspecified atom stereocenters. The molecule has 0 bridgehead atoms. The summed E-state index contributed by atoms with van der Waals surface area (Å²) < 4.78 is 7.66. The predicted octanol–water partition coefficient (Wildman–Crippen LogP) is 5.52. The number of nitrogens with one attached hydrogen (secondary N) is 1. The highest BCUT2D eigenvalue weighted by Gasteiger charge is 2.50. The number of furan rings is 1. The Morgan fingerprint density at radius 2 is 1.58 bits per heavy atom. The Labute approximate surface area is 196 Å². The lowest BCUT2D eigenvalue weighted by Crippen LogP contribution is -2.67. The maximum atomic E-state index is 14.0. The fraction of sp³-hybridized carbons (Fsp3) is 0.630. The molecule has 2 aromatic heterocycles. The summed E-state index contributed by atoms with van der Waals surface area (Å²) in [5.41, 5.74) is 0.592. The van der Waals surface area contributed by atoms with Crippen molar-refractivity contribution in [2.45, 2.75) is 108 Å². The van der Waals surface area contributed by atoms with Gasteiger partial charge in [-0.05, 0) is 56.9 Å². The molecule has 2 saturated carbocycles. The summed E-state index contributed by atoms with van der Waals surface area (Å²) in [7, 11) is 0. The molecule has 6 heteroatoms. The molecule has 0 saturated heterocycles. The topological polar surface area (TPSA) is 67.5 Å². The minimum Gasteiger partial charge on any atom is -0.463 e. The number of hydrogen-bond acceptors (Lipinski definition) is 3. The molecular formula is C27H37N3O3. The Morgan fingerprint density at radius 1 is 0.939 bits per heavy atom. The molecule has 3 aliphatic rings. The lowest BCUT2D eigenvalue weighted by atomic mass is 9.89. The van der Waals surface area contributed by atoms with Gasteiger partial charge in [-0.15, -0.1) is 0 Å². The third-order valence-electron chi connectivity index (χ3n) is 8.06. The van der Waals surface area contributed by atoms with Crippen molar-refractivity contribution in [1.29, 1.82) is 0 Å². The molecule has 2 fully saturated rings. The molecule has 2 aliphatic carbocycles. The zero-order valence-corrected chi connectivity index (χ0v) is 19.9. The second kappa shape index (κ2) is 9.40. The molecule has 0 spiro atoms. The molecular weight excluding hydrogens is 414 g/mol. The molecule has 178 valence electrons. The minimum atomic E-state index is -0.925. The Hall–Kier alpha value is -2.50. The molecule has 3 heterocycles. The van der Waals surface area contributed by atoms with Crippen LogP contribution in [0.2, 0.25) is 0 Å². The van der Waals surface area contributed by atoms with E-state index in [2.05, 4.69) is 5.32 Å². The van der Waals surface area contributed by atoms with E-state index < -0.39 is 5.54 Å². The van der Waals surface area contributed by atoms with Gasteiger partial charge in [-0.2, -0.15) is 0 Å². The number of nitrogens with zero attached hydrogens (tertiary/aromatic N) is 2. The van der Waals surface area contributed by atoms with E-state index in [0.29, 0.717) is 12.2 Å². The average molecular weight is 452 g/mol. The SMILES string of the molecule is CC1(C(=O)NC2CCCCCC2)Cn2c(ccc2-c2ccco2)C(=O)N1C1CCCCCC1. The number of fused-ring (bicyclic) bond motifs is 1. The number of aromatic nitrogens is 1. The first kappa shape index (κ1) is 22.3. The van der Waals surface area contributed by atoms with Gasteiger partial charge in [0.2, 0.25) is 5.91 Å². The van der Waals surface area contributed by atoms with E-state index in [4.69, 9.17) is 4.42 Å². The summed E-state index contributed by atoms with van der Waals surface area (Å²) in [5, 5.41) is 3.38. The third kappa shape index (κ3) is 4.24. The van der Waals surface area contributed by atoms with Gasteiger partial charge >= 0.3 is 0 Å². The summed E-state index contributed by atoms with van der Waals surface area (Å²) in [4.78, 5) is 29.9. The molecule has 0 aromatic carbocycles. The second-order valence-corrected chi connectivity index (χ2v) is 10.4. The van der Waals surface area contributed by atoms with Crippen LogP contribution in [0, 0.1) is 0 Å². The fourth-order valence-electron chi connectivity index (χ4n) is 6.23. The predicted molar refractivity (Wildman–Crippen MR) is 128 cm³/mol. The van der Waals surface area contributed by atoms with Crippen LogP contribution in [-0.2, 0) is 11.3 Å². The molecule has 33 heavy (non-hydrogen) atoms. The summed E-state index contributed by atoms with van der Waals surface area (Å²) in [6, 6.07) is 7.93. The monoisotopic (exact) mass is 451 g/mol. The van der Waals surface area contributed by atoms with Crippen LogP contribution in [0.1, 0.15) is 94.5 Å². The van der Waals surface area contributed by atoms with Crippen molar-refractivity contribution >= 4 is 11.8 Å². The standard InChI is InChI=1S/C27H37N3O3/c1-27(26(32)28-20-11-6-2-3-7-12-20)19-29-22(24-15-10-18-33-24)16-17-23(29)25(31)30(27)21-13-8-4-5-9-14-21/h10,15-18,20-21H,2-9,11-14,19H2,1H3,(H,28,32). The number of amides is 2. The van der Waals surface area contributed by atoms with Gasteiger partial charge in [0.15, 0.2) is 0 Å². The summed E-state index contributed by atoms with van der Waals surface area (Å²) >= 11 is 0. The van der Waals surface area contributed by atoms with Crippen LogP contribution in [-0.4, -0.2) is 38.9 Å². The Bertz CT molecular complexity index is 963. The van der Waals surface area contributed by atoms with Gasteiger partial charge in [-0.1, -0.05) is 51.4 Å². The van der Waals surface area contributed by atoms with Crippen LogP contribution in [0.15, 0.2) is 34.9 Å². The lowest BCUT2D eigenvalue weighted by molar-refractivity contribution is -0.135. The third-order valence-corrected chi connectivity index (χ3v) is 8.06. The highest BCUT2D eigenvalue weighted by Crippen LogP contribution is 2.37. The van der Waals surface area contributed by atoms with Crippen molar-refractivity contribution in [3.63, 3.8) is 0 Å². The Morgan fingerprint density at radius 3 is 2.21 bits per heavy atom. The van der Waals surface area contributed by atoms with Crippen LogP contribution in [0.3, 0.4) is 0 Å². The molecule has 1 N–H and O–H groups in total.